The summed E-state index contributed by atoms with van der Waals surface area (Å²) in [5.41, 5.74) is 0. The molecule has 0 aromatic heterocycles. The molecule has 0 saturated heterocycles. The molecule has 0 N–H and O–H groups in total. The molecule has 0 saturated carbocycles. The van der Waals surface area contributed by atoms with Gasteiger partial charge in [-0.3, -0.25) is 0 Å². The van der Waals surface area contributed by atoms with Gasteiger partial charge in [0.15, 0.2) is 0 Å². The van der Waals surface area contributed by atoms with E-state index in [1.165, 1.54) is 0 Å². The predicted molar refractivity (Wildman–Crippen MR) is 27.3 cm³/mol. The minimum Gasteiger partial charge on any atom is -0.153 e. The van der Waals surface area contributed by atoms with E-state index >= 15 is 0 Å². The zero-order valence-electron chi connectivity index (χ0n) is 3.21. The summed E-state index contributed by atoms with van der Waals surface area (Å²) in [7, 11) is 0. The summed E-state index contributed by atoms with van der Waals surface area (Å²) in [6.45, 7) is 0. The maximum atomic E-state index is 0. The van der Waals surface area contributed by atoms with E-state index in [0.717, 1.165) is 0 Å². The van der Waals surface area contributed by atoms with Crippen molar-refractivity contribution in [2.75, 3.05) is 0 Å². The van der Waals surface area contributed by atoms with Gasteiger partial charge in [-0.15, -0.1) is 0 Å². The monoisotopic (exact) mass is 94.0 g/mol. The molecule has 1 atom stereocenters. The fraction of sp³-hybridized carbons (Fsp3) is 0. The first-order valence-electron chi connectivity index (χ1n) is 0. The zero-order chi connectivity index (χ0) is 0. The van der Waals surface area contributed by atoms with Crippen LogP contribution in [0, 0.1) is 37.1 Å². The van der Waals surface area contributed by atoms with E-state index in [-0.39, 0.29) is 47.0 Å². The largest absolute Gasteiger partial charge is 4.00 e. The van der Waals surface area contributed by atoms with E-state index in [1.807, 2.05) is 0 Å². The molecule has 0 fully saturated rings. The van der Waals surface area contributed by atoms with Gasteiger partial charge in [-0.25, -0.2) is 0 Å². The molecular formula is C5H3P+20. The number of rotatable bonds is 0. The predicted octanol–water partition coefficient (Wildman–Crippen LogP) is 0.465. The second-order valence-electron chi connectivity index (χ2n) is 0. The van der Waals surface area contributed by atoms with Gasteiger partial charge in [-0.2, -0.15) is 9.90 Å². The molecule has 0 heterocycles. The third-order valence-electron chi connectivity index (χ3n) is 0. The van der Waals surface area contributed by atoms with Crippen LogP contribution in [0.5, 0.6) is 0 Å². The first kappa shape index (κ1) is 1030. The Morgan fingerprint density at radius 1 is 0.333 bits per heavy atom. The average Bonchev–Trinajstić information content (AvgIpc) is 0. The molecule has 0 bridgehead atoms. The maximum Gasteiger partial charge on any atom is 4.00 e. The Balaban J connectivity index is 0. The van der Waals surface area contributed by atoms with Crippen LogP contribution in [0.4, 0.5) is 0 Å². The molecule has 1 unspecified atom stereocenters. The first-order valence-corrected chi connectivity index (χ1v) is 0. The van der Waals surface area contributed by atoms with Crippen LogP contribution in [0.1, 0.15) is 0 Å². The van der Waals surface area contributed by atoms with E-state index in [1.54, 1.807) is 0 Å². The quantitative estimate of drug-likeness (QED) is 0.382. The van der Waals surface area contributed by atoms with Gasteiger partial charge in [-0.1, -0.05) is 0 Å². The molecule has 0 nitrogen and oxygen atoms in total. The Kier molecular flexibility index (Phi) is 98500. The van der Waals surface area contributed by atoms with Crippen molar-refractivity contribution < 1.29 is 0 Å². The normalized spacial score (nSPS) is 0. The van der Waals surface area contributed by atoms with Gasteiger partial charge in [-0.05, 0) is 0 Å². The Hall–Kier alpha value is 0.430. The van der Waals surface area contributed by atoms with Gasteiger partial charge in [0.05, 0.1) is 0 Å². The third-order valence-corrected chi connectivity index (χ3v) is 0. The van der Waals surface area contributed by atoms with Crippen molar-refractivity contribution in [1.29, 1.82) is 0 Å². The summed E-state index contributed by atoms with van der Waals surface area (Å²) >= 11 is 0. The van der Waals surface area contributed by atoms with E-state index < -0.39 is 0 Å². The molecule has 8 valence electrons. The van der Waals surface area contributed by atoms with Gasteiger partial charge in [0.1, 0.15) is 0 Å². The molecule has 0 aliphatic carbocycles. The van der Waals surface area contributed by atoms with E-state index in [0.29, 0.717) is 0 Å². The van der Waals surface area contributed by atoms with Crippen LogP contribution >= 0.6 is 9.90 Å². The molecule has 0 amide bonds. The standard InChI is InChI=1S/5C.H3P/h;;;;;1H3/q5*+4;. The summed E-state index contributed by atoms with van der Waals surface area (Å²) in [5.74, 6) is 0. The van der Waals surface area contributed by atoms with Gasteiger partial charge in [0.2, 0.25) is 0 Å². The van der Waals surface area contributed by atoms with Crippen LogP contribution in [-0.4, -0.2) is 0 Å². The summed E-state index contributed by atoms with van der Waals surface area (Å²) < 4.78 is 0. The minimum atomic E-state index is 0. The third kappa shape index (κ3) is 282. The molecule has 0 rings (SSSR count). The minimum absolute atomic E-state index is 0. The van der Waals surface area contributed by atoms with Crippen molar-refractivity contribution in [2.45, 2.75) is 0 Å². The molecular weight excluding hydrogens is 91.0 g/mol. The first-order chi connectivity index (χ1) is 0. The van der Waals surface area contributed by atoms with E-state index in [2.05, 4.69) is 0 Å². The zero-order valence-corrected chi connectivity index (χ0v) is 4.62. The van der Waals surface area contributed by atoms with E-state index in [9.17, 15) is 0 Å². The van der Waals surface area contributed by atoms with Crippen molar-refractivity contribution in [1.82, 2.24) is 0 Å². The van der Waals surface area contributed by atoms with Gasteiger partial charge in [0, 0.05) is 0 Å². The summed E-state index contributed by atoms with van der Waals surface area (Å²) in [6, 6.07) is 0. The smallest absolute Gasteiger partial charge is 0.153 e. The van der Waals surface area contributed by atoms with Crippen molar-refractivity contribution in [2.24, 2.45) is 0 Å². The van der Waals surface area contributed by atoms with Crippen molar-refractivity contribution in [3.05, 3.63) is 37.1 Å². The number of hydrogen-bond acceptors (Lipinski definition) is 0. The van der Waals surface area contributed by atoms with Crippen LogP contribution in [0.15, 0.2) is 0 Å². The average molecular weight is 94.1 g/mol. The fourth-order valence-electron chi connectivity index (χ4n) is 0. The van der Waals surface area contributed by atoms with Crippen molar-refractivity contribution in [3.63, 3.8) is 0 Å². The van der Waals surface area contributed by atoms with Gasteiger partial charge in [0.25, 0.3) is 0 Å². The molecule has 0 aliphatic heterocycles. The Bertz CT molecular complexity index is 3.90. The van der Waals surface area contributed by atoms with Gasteiger partial charge >= 0.3 is 37.1 Å². The summed E-state index contributed by atoms with van der Waals surface area (Å²) in [5, 5.41) is 0. The topological polar surface area (TPSA) is 0 Å². The maximum absolute atomic E-state index is 0. The van der Waals surface area contributed by atoms with E-state index in [4.69, 9.17) is 0 Å². The van der Waals surface area contributed by atoms with Gasteiger partial charge < -0.3 is 0 Å². The molecule has 0 spiro atoms. The molecule has 1 heteroatoms. The molecule has 0 radical (unpaired) electrons. The fourth-order valence-corrected chi connectivity index (χ4v) is 0. The Labute approximate surface area is 48.0 Å². The number of hydrogen-bond donors (Lipinski definition) is 0. The SMILES string of the molecule is P.[C+4].[C+4].[C+4].[C+4].[C+4]. The molecule has 0 aliphatic rings. The van der Waals surface area contributed by atoms with Crippen LogP contribution in [0.3, 0.4) is 0 Å². The molecule has 0 aromatic rings. The van der Waals surface area contributed by atoms with Crippen molar-refractivity contribution in [3.8, 4) is 0 Å². The Morgan fingerprint density at radius 3 is 0.333 bits per heavy atom. The Morgan fingerprint density at radius 2 is 0.333 bits per heavy atom. The molecule has 6 heavy (non-hydrogen) atoms. The summed E-state index contributed by atoms with van der Waals surface area (Å²) in [6.07, 6.45) is 0. The molecule has 0 aromatic carbocycles. The van der Waals surface area contributed by atoms with Crippen LogP contribution in [0.25, 0.3) is 0 Å². The van der Waals surface area contributed by atoms with Crippen LogP contribution < -0.4 is 0 Å². The second kappa shape index (κ2) is 576. The second-order valence-corrected chi connectivity index (χ2v) is 0. The van der Waals surface area contributed by atoms with Crippen LogP contribution in [0.2, 0.25) is 0 Å². The van der Waals surface area contributed by atoms with Crippen LogP contribution in [-0.2, 0) is 0 Å². The summed E-state index contributed by atoms with van der Waals surface area (Å²) in [4.78, 5) is 0. The van der Waals surface area contributed by atoms with Crippen molar-refractivity contribution >= 4 is 9.90 Å².